The third-order valence-electron chi connectivity index (χ3n) is 2.97. The summed E-state index contributed by atoms with van der Waals surface area (Å²) in [4.78, 5) is 22.1. The van der Waals surface area contributed by atoms with E-state index in [0.29, 0.717) is 6.08 Å². The van der Waals surface area contributed by atoms with Crippen molar-refractivity contribution in [2.45, 2.75) is 16.6 Å². The summed E-state index contributed by atoms with van der Waals surface area (Å²) in [6, 6.07) is 0. The van der Waals surface area contributed by atoms with Crippen molar-refractivity contribution in [1.82, 2.24) is 10.2 Å². The second-order valence-electron chi connectivity index (χ2n) is 4.43. The molecule has 0 fully saturated rings. The first-order valence-corrected chi connectivity index (χ1v) is 7.68. The highest BCUT2D eigenvalue weighted by molar-refractivity contribution is 7.92. The Balaban J connectivity index is 2.39. The standard InChI is InChI=1S/C13H12N2O6S/c16-9(6-10(17)13(18)19)12-11(7-14-15-12)22(20,21)8-4-2-1-3-5-8/h1-4,6-8,17H,5H2,(H,14,15)(H,18,19). The number of hydrogen-bond donors (Lipinski definition) is 3. The van der Waals surface area contributed by atoms with Gasteiger partial charge in [0, 0.05) is 12.3 Å². The highest BCUT2D eigenvalue weighted by atomic mass is 32.2. The number of sulfone groups is 1. The predicted octanol–water partition coefficient (Wildman–Crippen LogP) is 0.777. The van der Waals surface area contributed by atoms with Gasteiger partial charge in [-0.25, -0.2) is 13.2 Å². The monoisotopic (exact) mass is 324 g/mol. The number of aromatic amines is 1. The number of aromatic nitrogens is 2. The molecule has 1 aromatic rings. The molecule has 0 bridgehead atoms. The van der Waals surface area contributed by atoms with Crippen molar-refractivity contribution in [3.8, 4) is 0 Å². The second kappa shape index (κ2) is 5.98. The summed E-state index contributed by atoms with van der Waals surface area (Å²) in [7, 11) is -3.86. The molecule has 1 aromatic heterocycles. The number of carbonyl (C=O) groups excluding carboxylic acids is 1. The zero-order valence-electron chi connectivity index (χ0n) is 11.1. The van der Waals surface area contributed by atoms with Gasteiger partial charge in [0.15, 0.2) is 15.5 Å². The van der Waals surface area contributed by atoms with Crippen LogP contribution in [0.15, 0.2) is 47.2 Å². The molecule has 8 nitrogen and oxygen atoms in total. The van der Waals surface area contributed by atoms with E-state index < -0.39 is 38.3 Å². The molecule has 1 atom stereocenters. The minimum Gasteiger partial charge on any atom is -0.502 e. The lowest BCUT2D eigenvalue weighted by Gasteiger charge is -2.13. The van der Waals surface area contributed by atoms with Crippen LogP contribution in [0.4, 0.5) is 0 Å². The molecule has 1 unspecified atom stereocenters. The van der Waals surface area contributed by atoms with E-state index in [4.69, 9.17) is 10.2 Å². The third-order valence-corrected chi connectivity index (χ3v) is 5.04. The quantitative estimate of drug-likeness (QED) is 0.413. The normalized spacial score (nSPS) is 18.4. The first-order chi connectivity index (χ1) is 10.3. The van der Waals surface area contributed by atoms with E-state index in [-0.39, 0.29) is 11.3 Å². The molecule has 1 aliphatic rings. The lowest BCUT2D eigenvalue weighted by Crippen LogP contribution is -2.21. The summed E-state index contributed by atoms with van der Waals surface area (Å²) < 4.78 is 25.0. The van der Waals surface area contributed by atoms with E-state index in [1.54, 1.807) is 18.2 Å². The molecule has 0 aromatic carbocycles. The first-order valence-electron chi connectivity index (χ1n) is 6.13. The number of aliphatic hydroxyl groups excluding tert-OH is 1. The number of carboxylic acid groups (broad SMARTS) is 1. The fourth-order valence-corrected chi connectivity index (χ4v) is 3.50. The van der Waals surface area contributed by atoms with Crippen molar-refractivity contribution < 1.29 is 28.2 Å². The van der Waals surface area contributed by atoms with Crippen LogP contribution in [0.2, 0.25) is 0 Å². The van der Waals surface area contributed by atoms with Crippen LogP contribution >= 0.6 is 0 Å². The topological polar surface area (TPSA) is 137 Å². The Morgan fingerprint density at radius 1 is 1.32 bits per heavy atom. The molecular formula is C13H12N2O6S. The molecule has 0 aliphatic heterocycles. The van der Waals surface area contributed by atoms with Crippen molar-refractivity contribution >= 4 is 21.6 Å². The summed E-state index contributed by atoms with van der Waals surface area (Å²) in [5, 5.41) is 22.6. The van der Waals surface area contributed by atoms with E-state index >= 15 is 0 Å². The number of nitrogens with zero attached hydrogens (tertiary/aromatic N) is 1. The van der Waals surface area contributed by atoms with Crippen molar-refractivity contribution in [2.24, 2.45) is 0 Å². The number of aliphatic carboxylic acids is 1. The van der Waals surface area contributed by atoms with Gasteiger partial charge < -0.3 is 10.2 Å². The van der Waals surface area contributed by atoms with Gasteiger partial charge >= 0.3 is 5.97 Å². The third kappa shape index (κ3) is 2.98. The summed E-state index contributed by atoms with van der Waals surface area (Å²) in [5.74, 6) is -3.92. The number of carboxylic acids is 1. The van der Waals surface area contributed by atoms with Gasteiger partial charge in [0.2, 0.25) is 11.5 Å². The minimum absolute atomic E-state index is 0.258. The zero-order chi connectivity index (χ0) is 16.3. The lowest BCUT2D eigenvalue weighted by atomic mass is 10.2. The number of ketones is 1. The molecule has 1 aliphatic carbocycles. The zero-order valence-corrected chi connectivity index (χ0v) is 11.9. The smallest absolute Gasteiger partial charge is 0.371 e. The fourth-order valence-electron chi connectivity index (χ4n) is 1.88. The van der Waals surface area contributed by atoms with Gasteiger partial charge in [-0.15, -0.1) is 0 Å². The summed E-state index contributed by atoms with van der Waals surface area (Å²) in [5.41, 5.74) is -0.462. The molecule has 0 radical (unpaired) electrons. The van der Waals surface area contributed by atoms with E-state index in [2.05, 4.69) is 10.2 Å². The van der Waals surface area contributed by atoms with Crippen molar-refractivity contribution in [3.63, 3.8) is 0 Å². The molecule has 0 amide bonds. The Morgan fingerprint density at radius 3 is 2.64 bits per heavy atom. The Hall–Kier alpha value is -2.68. The average Bonchev–Trinajstić information content (AvgIpc) is 2.98. The minimum atomic E-state index is -3.86. The molecule has 0 saturated carbocycles. The highest BCUT2D eigenvalue weighted by Crippen LogP contribution is 2.24. The predicted molar refractivity (Wildman–Crippen MR) is 75.1 cm³/mol. The van der Waals surface area contributed by atoms with E-state index in [9.17, 15) is 18.0 Å². The van der Waals surface area contributed by atoms with Gasteiger partial charge in [0.25, 0.3) is 0 Å². The van der Waals surface area contributed by atoms with Gasteiger partial charge in [0.05, 0.1) is 5.25 Å². The fraction of sp³-hybridized carbons (Fsp3) is 0.154. The number of nitrogens with one attached hydrogen (secondary N) is 1. The number of hydrogen-bond acceptors (Lipinski definition) is 6. The van der Waals surface area contributed by atoms with Gasteiger partial charge in [-0.1, -0.05) is 24.3 Å². The molecule has 1 heterocycles. The second-order valence-corrected chi connectivity index (χ2v) is 6.56. The number of aliphatic hydroxyl groups is 1. The molecule has 0 saturated heterocycles. The summed E-state index contributed by atoms with van der Waals surface area (Å²) in [6.07, 6.45) is 8.19. The van der Waals surface area contributed by atoms with Crippen LogP contribution in [-0.2, 0) is 14.6 Å². The maximum atomic E-state index is 12.5. The molecule has 22 heavy (non-hydrogen) atoms. The maximum Gasteiger partial charge on any atom is 0.371 e. The Bertz CT molecular complexity index is 800. The van der Waals surface area contributed by atoms with Crippen molar-refractivity contribution in [2.75, 3.05) is 0 Å². The van der Waals surface area contributed by atoms with Crippen LogP contribution in [0.5, 0.6) is 0 Å². The van der Waals surface area contributed by atoms with Crippen LogP contribution in [0.1, 0.15) is 16.9 Å². The van der Waals surface area contributed by atoms with E-state index in [1.165, 1.54) is 6.08 Å². The molecule has 9 heteroatoms. The van der Waals surface area contributed by atoms with Crippen molar-refractivity contribution in [3.05, 3.63) is 48.0 Å². The van der Waals surface area contributed by atoms with Crippen LogP contribution in [0, 0.1) is 0 Å². The maximum absolute atomic E-state index is 12.5. The average molecular weight is 324 g/mol. The Kier molecular flexibility index (Phi) is 4.27. The Labute approximate surface area is 125 Å². The van der Waals surface area contributed by atoms with Gasteiger partial charge in [0.1, 0.15) is 4.90 Å². The van der Waals surface area contributed by atoms with Gasteiger partial charge in [-0.2, -0.15) is 5.10 Å². The highest BCUT2D eigenvalue weighted by Gasteiger charge is 2.31. The van der Waals surface area contributed by atoms with Crippen LogP contribution in [-0.4, -0.2) is 45.8 Å². The number of allylic oxidation sites excluding steroid dienone is 4. The van der Waals surface area contributed by atoms with E-state index in [1.807, 2.05) is 0 Å². The molecule has 116 valence electrons. The largest absolute Gasteiger partial charge is 0.502 e. The van der Waals surface area contributed by atoms with Crippen LogP contribution < -0.4 is 0 Å². The summed E-state index contributed by atoms with van der Waals surface area (Å²) in [6.45, 7) is 0. The van der Waals surface area contributed by atoms with Crippen LogP contribution in [0.25, 0.3) is 0 Å². The Morgan fingerprint density at radius 2 is 2.05 bits per heavy atom. The van der Waals surface area contributed by atoms with Gasteiger partial charge in [-0.3, -0.25) is 9.89 Å². The van der Waals surface area contributed by atoms with Crippen LogP contribution in [0.3, 0.4) is 0 Å². The number of carbonyl (C=O) groups is 2. The van der Waals surface area contributed by atoms with Gasteiger partial charge in [-0.05, 0) is 6.42 Å². The molecule has 2 rings (SSSR count). The van der Waals surface area contributed by atoms with Crippen molar-refractivity contribution in [1.29, 1.82) is 0 Å². The molecular weight excluding hydrogens is 312 g/mol. The SMILES string of the molecule is O=C(O)C(O)=CC(=O)c1n[nH]cc1S(=O)(=O)C1C=CC=CC1. The first kappa shape index (κ1) is 15.7. The summed E-state index contributed by atoms with van der Waals surface area (Å²) >= 11 is 0. The number of H-pyrrole nitrogens is 1. The lowest BCUT2D eigenvalue weighted by molar-refractivity contribution is -0.135. The molecule has 3 N–H and O–H groups in total. The number of rotatable bonds is 5. The van der Waals surface area contributed by atoms with E-state index in [0.717, 1.165) is 6.20 Å². The molecule has 0 spiro atoms.